The molecule has 0 N–H and O–H groups in total. The largest absolute Gasteiger partial charge is 0.244 e. The first kappa shape index (κ1) is 26.8. The summed E-state index contributed by atoms with van der Waals surface area (Å²) in [6.07, 6.45) is 23.2. The van der Waals surface area contributed by atoms with Crippen molar-refractivity contribution in [3.63, 3.8) is 0 Å². The smallest absolute Gasteiger partial charge is 0.237 e. The van der Waals surface area contributed by atoms with E-state index in [9.17, 15) is 0 Å². The van der Waals surface area contributed by atoms with Gasteiger partial charge in [-0.2, -0.15) is 0 Å². The molecule has 0 aliphatic carbocycles. The molecule has 2 aromatic carbocycles. The van der Waals surface area contributed by atoms with Gasteiger partial charge in [0, 0.05) is 21.2 Å². The molecule has 0 unspecified atom stereocenters. The van der Waals surface area contributed by atoms with E-state index in [1.54, 1.807) is 0 Å². The highest BCUT2D eigenvalue weighted by Gasteiger charge is 2.21. The minimum Gasteiger partial charge on any atom is -0.237 e. The van der Waals surface area contributed by atoms with Gasteiger partial charge in [-0.15, -0.1) is 0 Å². The number of unbranched alkanes of at least 4 members (excludes halogenated alkanes) is 11. The Morgan fingerprint density at radius 2 is 1.09 bits per heavy atom. The predicted octanol–water partition coefficient (Wildman–Crippen LogP) is 9.42. The molecule has 3 rings (SSSR count). The van der Waals surface area contributed by atoms with Gasteiger partial charge in [0.25, 0.3) is 0 Å². The summed E-state index contributed by atoms with van der Waals surface area (Å²) in [5.41, 5.74) is 2.42. The van der Waals surface area contributed by atoms with Crippen LogP contribution in [0.4, 0.5) is 0 Å². The lowest BCUT2D eigenvalue weighted by atomic mass is 9.98. The second-order valence-corrected chi connectivity index (χ2v) is 10.4. The second kappa shape index (κ2) is 15.3. The number of aromatic nitrogens is 2. The van der Waals surface area contributed by atoms with Gasteiger partial charge in [0.2, 0.25) is 6.33 Å². The van der Waals surface area contributed by atoms with Crippen LogP contribution in [0.15, 0.2) is 67.3 Å². The van der Waals surface area contributed by atoms with Crippen LogP contribution >= 0.6 is 23.2 Å². The molecule has 34 heavy (non-hydrogen) atoms. The third-order valence-corrected chi connectivity index (χ3v) is 7.16. The van der Waals surface area contributed by atoms with Crippen molar-refractivity contribution in [3.8, 4) is 0 Å². The first-order valence-electron chi connectivity index (χ1n) is 13.2. The van der Waals surface area contributed by atoms with E-state index >= 15 is 0 Å². The molecule has 0 fully saturated rings. The first-order chi connectivity index (χ1) is 16.7. The Bertz CT molecular complexity index is 886. The standard InChI is InChI=1S/C30H41Cl2N2/c1-2-3-4-5-6-7-8-9-10-11-12-13-22-33-23-24-34(25-33)30(26-14-18-28(31)19-15-26)27-16-20-29(32)21-17-27/h14-21,23-25,30H,2-13,22H2,1H3/q+1. The monoisotopic (exact) mass is 499 g/mol. The third-order valence-electron chi connectivity index (χ3n) is 6.65. The van der Waals surface area contributed by atoms with Crippen molar-refractivity contribution in [2.75, 3.05) is 0 Å². The number of hydrogen-bond donors (Lipinski definition) is 0. The number of rotatable bonds is 16. The van der Waals surface area contributed by atoms with Gasteiger partial charge in [0.15, 0.2) is 6.04 Å². The Balaban J connectivity index is 1.44. The van der Waals surface area contributed by atoms with Crippen LogP contribution in [0.2, 0.25) is 10.0 Å². The Labute approximate surface area is 216 Å². The molecule has 0 aliphatic rings. The second-order valence-electron chi connectivity index (χ2n) is 9.49. The van der Waals surface area contributed by atoms with Crippen molar-refractivity contribution in [2.24, 2.45) is 0 Å². The highest BCUT2D eigenvalue weighted by atomic mass is 35.5. The van der Waals surface area contributed by atoms with Crippen molar-refractivity contribution >= 4 is 23.2 Å². The normalized spacial score (nSPS) is 11.4. The molecule has 0 amide bonds. The molecule has 4 heteroatoms. The van der Waals surface area contributed by atoms with Crippen molar-refractivity contribution in [2.45, 2.75) is 96.6 Å². The van der Waals surface area contributed by atoms with E-state index < -0.39 is 0 Å². The van der Waals surface area contributed by atoms with Crippen LogP contribution in [0.5, 0.6) is 0 Å². The van der Waals surface area contributed by atoms with Gasteiger partial charge < -0.3 is 0 Å². The fourth-order valence-electron chi connectivity index (χ4n) is 4.66. The molecule has 1 aromatic heterocycles. The molecule has 3 aromatic rings. The topological polar surface area (TPSA) is 8.81 Å². The van der Waals surface area contributed by atoms with Crippen LogP contribution in [0, 0.1) is 0 Å². The number of imidazole rings is 1. The molecular weight excluding hydrogens is 459 g/mol. The van der Waals surface area contributed by atoms with Gasteiger partial charge in [-0.05, 0) is 37.1 Å². The van der Waals surface area contributed by atoms with Gasteiger partial charge in [0.1, 0.15) is 12.4 Å². The Morgan fingerprint density at radius 1 is 0.647 bits per heavy atom. The minimum absolute atomic E-state index is 0.0951. The molecule has 0 spiro atoms. The lowest BCUT2D eigenvalue weighted by Gasteiger charge is -2.15. The maximum absolute atomic E-state index is 6.15. The van der Waals surface area contributed by atoms with Crippen LogP contribution < -0.4 is 4.57 Å². The summed E-state index contributed by atoms with van der Waals surface area (Å²) in [6, 6.07) is 16.4. The van der Waals surface area contributed by atoms with Gasteiger partial charge in [0.05, 0.1) is 6.54 Å². The maximum atomic E-state index is 6.15. The zero-order valence-corrected chi connectivity index (χ0v) is 22.3. The first-order valence-corrected chi connectivity index (χ1v) is 14.0. The van der Waals surface area contributed by atoms with Gasteiger partial charge in [-0.3, -0.25) is 0 Å². The summed E-state index contributed by atoms with van der Waals surface area (Å²) in [5.74, 6) is 0. The van der Waals surface area contributed by atoms with Crippen LogP contribution in [-0.2, 0) is 6.54 Å². The SMILES string of the molecule is CCCCCCCCCCCCCC[n+]1ccn(C(c2ccc(Cl)cc2)c2ccc(Cl)cc2)c1. The Kier molecular flexibility index (Phi) is 12.1. The van der Waals surface area contributed by atoms with Gasteiger partial charge in [-0.1, -0.05) is 119 Å². The summed E-state index contributed by atoms with van der Waals surface area (Å²) in [6.45, 7) is 3.35. The molecule has 0 saturated carbocycles. The summed E-state index contributed by atoms with van der Waals surface area (Å²) in [5, 5.41) is 1.52. The zero-order valence-electron chi connectivity index (χ0n) is 20.8. The average molecular weight is 501 g/mol. The van der Waals surface area contributed by atoms with Crippen molar-refractivity contribution < 1.29 is 4.57 Å². The van der Waals surface area contributed by atoms with Crippen molar-refractivity contribution in [1.29, 1.82) is 0 Å². The van der Waals surface area contributed by atoms with E-state index in [1.165, 1.54) is 88.2 Å². The van der Waals surface area contributed by atoms with Crippen molar-refractivity contribution in [3.05, 3.63) is 88.4 Å². The summed E-state index contributed by atoms with van der Waals surface area (Å²) >= 11 is 12.3. The predicted molar refractivity (Wildman–Crippen MR) is 146 cm³/mol. The summed E-state index contributed by atoms with van der Waals surface area (Å²) < 4.78 is 4.60. The number of benzene rings is 2. The number of halogens is 2. The Hall–Kier alpha value is -1.77. The van der Waals surface area contributed by atoms with Crippen LogP contribution in [0.25, 0.3) is 0 Å². The molecule has 0 atom stereocenters. The van der Waals surface area contributed by atoms with E-state index in [1.807, 2.05) is 24.3 Å². The fourth-order valence-corrected chi connectivity index (χ4v) is 4.91. The van der Waals surface area contributed by atoms with Crippen LogP contribution in [0.3, 0.4) is 0 Å². The molecular formula is C30H41Cl2N2+. The lowest BCUT2D eigenvalue weighted by molar-refractivity contribution is -0.697. The maximum Gasteiger partial charge on any atom is 0.244 e. The van der Waals surface area contributed by atoms with E-state index in [4.69, 9.17) is 23.2 Å². The number of nitrogens with zero attached hydrogens (tertiary/aromatic N) is 2. The van der Waals surface area contributed by atoms with Crippen molar-refractivity contribution in [1.82, 2.24) is 4.57 Å². The highest BCUT2D eigenvalue weighted by molar-refractivity contribution is 6.30. The number of hydrogen-bond acceptors (Lipinski definition) is 0. The molecule has 0 radical (unpaired) electrons. The molecule has 0 saturated heterocycles. The van der Waals surface area contributed by atoms with E-state index in [0.29, 0.717) is 0 Å². The van der Waals surface area contributed by atoms with Crippen LogP contribution in [-0.4, -0.2) is 4.57 Å². The van der Waals surface area contributed by atoms with Gasteiger partial charge >= 0.3 is 0 Å². The molecule has 0 aliphatic heterocycles. The third kappa shape index (κ3) is 9.12. The zero-order chi connectivity index (χ0) is 24.0. The molecule has 1 heterocycles. The highest BCUT2D eigenvalue weighted by Crippen LogP contribution is 2.28. The Morgan fingerprint density at radius 3 is 1.56 bits per heavy atom. The van der Waals surface area contributed by atoms with Gasteiger partial charge in [-0.25, -0.2) is 9.13 Å². The minimum atomic E-state index is 0.0951. The van der Waals surface area contributed by atoms with E-state index in [-0.39, 0.29) is 6.04 Å². The molecule has 184 valence electrons. The van der Waals surface area contributed by atoms with Crippen LogP contribution in [0.1, 0.15) is 101 Å². The quantitative estimate of drug-likeness (QED) is 0.137. The lowest BCUT2D eigenvalue weighted by Crippen LogP contribution is -2.31. The fraction of sp³-hybridized carbons (Fsp3) is 0.500. The average Bonchev–Trinajstić information content (AvgIpc) is 3.31. The summed E-state index contributed by atoms with van der Waals surface area (Å²) in [7, 11) is 0. The van der Waals surface area contributed by atoms with E-state index in [0.717, 1.165) is 16.6 Å². The summed E-state index contributed by atoms with van der Waals surface area (Å²) in [4.78, 5) is 0. The number of aryl methyl sites for hydroxylation is 1. The molecule has 2 nitrogen and oxygen atoms in total. The van der Waals surface area contributed by atoms with E-state index in [2.05, 4.69) is 59.0 Å². The molecule has 0 bridgehead atoms.